The van der Waals surface area contributed by atoms with Crippen LogP contribution in [0.15, 0.2) is 78.1 Å². The topological polar surface area (TPSA) is 110 Å². The van der Waals surface area contributed by atoms with E-state index in [1.54, 1.807) is 55.2 Å². The standard InChI is InChI=1S/C28H25N5O3S/c1-28(2,34)18-33-17-21-6-4-19(14-26(21)32-33)5-11-25-24-15-27(30-16-20(24)12-13-29-25)31-22-7-9-23(10-8-22)37(3,35)36/h4,6-10,12-17,34H,18H2,1-3H3,(H,30,31). The Labute approximate surface area is 214 Å². The number of nitrogens with one attached hydrogen (secondary N) is 1. The van der Waals surface area contributed by atoms with Gasteiger partial charge < -0.3 is 10.4 Å². The van der Waals surface area contributed by atoms with Crippen LogP contribution in [0.2, 0.25) is 0 Å². The molecular formula is C28H25N5O3S. The van der Waals surface area contributed by atoms with Crippen LogP contribution in [-0.2, 0) is 16.4 Å². The van der Waals surface area contributed by atoms with Crippen molar-refractivity contribution in [1.82, 2.24) is 19.7 Å². The molecule has 9 heteroatoms. The summed E-state index contributed by atoms with van der Waals surface area (Å²) in [6.45, 7) is 3.89. The number of aliphatic hydroxyl groups is 1. The van der Waals surface area contributed by atoms with Crippen LogP contribution in [0, 0.1) is 11.8 Å². The first kappa shape index (κ1) is 24.4. The van der Waals surface area contributed by atoms with Gasteiger partial charge >= 0.3 is 0 Å². The largest absolute Gasteiger partial charge is 0.389 e. The second-order valence-corrected chi connectivity index (χ2v) is 11.6. The van der Waals surface area contributed by atoms with Crippen molar-refractivity contribution in [3.63, 3.8) is 0 Å². The number of fused-ring (bicyclic) bond motifs is 2. The first-order valence-electron chi connectivity index (χ1n) is 11.6. The molecular weight excluding hydrogens is 486 g/mol. The molecule has 3 aromatic heterocycles. The van der Waals surface area contributed by atoms with Gasteiger partial charge in [-0.2, -0.15) is 5.10 Å². The minimum atomic E-state index is -3.26. The fraction of sp³-hybridized carbons (Fsp3) is 0.179. The Kier molecular flexibility index (Phi) is 6.15. The average Bonchev–Trinajstić information content (AvgIpc) is 3.22. The van der Waals surface area contributed by atoms with Crippen LogP contribution in [0.25, 0.3) is 21.7 Å². The molecule has 0 radical (unpaired) electrons. The van der Waals surface area contributed by atoms with Gasteiger partial charge in [0.05, 0.1) is 22.6 Å². The molecule has 0 aliphatic carbocycles. The number of hydrogen-bond donors (Lipinski definition) is 2. The lowest BCUT2D eigenvalue weighted by atomic mass is 10.1. The van der Waals surface area contributed by atoms with Crippen molar-refractivity contribution in [3.05, 3.63) is 84.4 Å². The van der Waals surface area contributed by atoms with E-state index in [0.717, 1.165) is 27.2 Å². The Morgan fingerprint density at radius 3 is 2.51 bits per heavy atom. The van der Waals surface area contributed by atoms with Crippen molar-refractivity contribution in [2.24, 2.45) is 0 Å². The van der Waals surface area contributed by atoms with Crippen LogP contribution in [0.4, 0.5) is 11.5 Å². The van der Waals surface area contributed by atoms with E-state index in [4.69, 9.17) is 0 Å². The zero-order valence-corrected chi connectivity index (χ0v) is 21.4. The van der Waals surface area contributed by atoms with Gasteiger partial charge in [-0.1, -0.05) is 5.92 Å². The van der Waals surface area contributed by atoms with E-state index in [1.165, 1.54) is 6.26 Å². The Hall–Kier alpha value is -4.26. The molecule has 0 atom stereocenters. The molecule has 0 spiro atoms. The summed E-state index contributed by atoms with van der Waals surface area (Å²) in [4.78, 5) is 9.19. The van der Waals surface area contributed by atoms with Crippen LogP contribution in [0.3, 0.4) is 0 Å². The zero-order chi connectivity index (χ0) is 26.2. The number of rotatable bonds is 5. The lowest BCUT2D eigenvalue weighted by Gasteiger charge is -2.16. The molecule has 3 heterocycles. The monoisotopic (exact) mass is 511 g/mol. The molecule has 0 unspecified atom stereocenters. The molecule has 0 aliphatic heterocycles. The molecule has 5 aromatic rings. The van der Waals surface area contributed by atoms with Gasteiger partial charge in [0.25, 0.3) is 0 Å². The van der Waals surface area contributed by atoms with Gasteiger partial charge in [0.2, 0.25) is 0 Å². The molecule has 2 N–H and O–H groups in total. The first-order chi connectivity index (χ1) is 17.5. The van der Waals surface area contributed by atoms with E-state index < -0.39 is 15.4 Å². The molecule has 0 saturated heterocycles. The maximum Gasteiger partial charge on any atom is 0.175 e. The summed E-state index contributed by atoms with van der Waals surface area (Å²) in [7, 11) is -3.26. The number of aromatic nitrogens is 4. The number of nitrogens with zero attached hydrogens (tertiary/aromatic N) is 4. The minimum absolute atomic E-state index is 0.258. The predicted octanol–water partition coefficient (Wildman–Crippen LogP) is 4.30. The summed E-state index contributed by atoms with van der Waals surface area (Å²) < 4.78 is 25.1. The van der Waals surface area contributed by atoms with Gasteiger partial charge in [0.15, 0.2) is 9.84 Å². The van der Waals surface area contributed by atoms with Gasteiger partial charge in [-0.3, -0.25) is 4.68 Å². The smallest absolute Gasteiger partial charge is 0.175 e. The summed E-state index contributed by atoms with van der Waals surface area (Å²) in [5, 5.41) is 20.6. The molecule has 0 aliphatic rings. The number of hydrogen-bond acceptors (Lipinski definition) is 7. The SMILES string of the molecule is CC(C)(O)Cn1cc2ccc(C#Cc3nccc4cnc(Nc5ccc(S(C)(=O)=O)cc5)cc34)cc2n1. The zero-order valence-electron chi connectivity index (χ0n) is 20.6. The van der Waals surface area contributed by atoms with Crippen LogP contribution in [0.1, 0.15) is 25.1 Å². The number of benzene rings is 2. The highest BCUT2D eigenvalue weighted by atomic mass is 32.2. The molecule has 0 bridgehead atoms. The summed E-state index contributed by atoms with van der Waals surface area (Å²) in [6.07, 6.45) is 6.54. The Morgan fingerprint density at radius 2 is 1.78 bits per heavy atom. The van der Waals surface area contributed by atoms with Crippen molar-refractivity contribution in [2.75, 3.05) is 11.6 Å². The van der Waals surface area contributed by atoms with Gasteiger partial charge in [0, 0.05) is 52.3 Å². The lowest BCUT2D eigenvalue weighted by molar-refractivity contribution is 0.0580. The maximum atomic E-state index is 11.7. The highest BCUT2D eigenvalue weighted by Crippen LogP contribution is 2.23. The highest BCUT2D eigenvalue weighted by Gasteiger charge is 2.14. The fourth-order valence-electron chi connectivity index (χ4n) is 3.92. The van der Waals surface area contributed by atoms with E-state index in [1.807, 2.05) is 36.5 Å². The molecule has 8 nitrogen and oxygen atoms in total. The number of anilines is 2. The third-order valence-corrected chi connectivity index (χ3v) is 6.76. The number of sulfone groups is 1. The molecule has 186 valence electrons. The molecule has 5 rings (SSSR count). The molecule has 0 amide bonds. The van der Waals surface area contributed by atoms with E-state index in [2.05, 4.69) is 32.2 Å². The first-order valence-corrected chi connectivity index (χ1v) is 13.5. The van der Waals surface area contributed by atoms with Crippen molar-refractivity contribution in [1.29, 1.82) is 0 Å². The van der Waals surface area contributed by atoms with Crippen LogP contribution >= 0.6 is 0 Å². The Bertz CT molecular complexity index is 1790. The van der Waals surface area contributed by atoms with E-state index in [9.17, 15) is 13.5 Å². The van der Waals surface area contributed by atoms with Gasteiger partial charge in [-0.25, -0.2) is 18.4 Å². The minimum Gasteiger partial charge on any atom is -0.389 e. The van der Waals surface area contributed by atoms with E-state index in [-0.39, 0.29) is 4.90 Å². The molecule has 2 aromatic carbocycles. The van der Waals surface area contributed by atoms with Crippen LogP contribution in [-0.4, -0.2) is 45.1 Å². The average molecular weight is 512 g/mol. The predicted molar refractivity (Wildman–Crippen MR) is 144 cm³/mol. The van der Waals surface area contributed by atoms with E-state index in [0.29, 0.717) is 23.7 Å². The van der Waals surface area contributed by atoms with Crippen molar-refractivity contribution >= 4 is 43.0 Å². The van der Waals surface area contributed by atoms with Crippen molar-refractivity contribution < 1.29 is 13.5 Å². The summed E-state index contributed by atoms with van der Waals surface area (Å²) in [5.41, 5.74) is 2.08. The number of pyridine rings is 2. The van der Waals surface area contributed by atoms with E-state index >= 15 is 0 Å². The lowest BCUT2D eigenvalue weighted by Crippen LogP contribution is -2.26. The highest BCUT2D eigenvalue weighted by molar-refractivity contribution is 7.90. The fourth-order valence-corrected chi connectivity index (χ4v) is 4.55. The third kappa shape index (κ3) is 5.77. The molecule has 0 fully saturated rings. The Morgan fingerprint density at radius 1 is 1.00 bits per heavy atom. The summed E-state index contributed by atoms with van der Waals surface area (Å²) in [6, 6.07) is 16.1. The second-order valence-electron chi connectivity index (χ2n) is 9.53. The van der Waals surface area contributed by atoms with Crippen molar-refractivity contribution in [3.8, 4) is 11.8 Å². The quantitative estimate of drug-likeness (QED) is 0.339. The van der Waals surface area contributed by atoms with Crippen LogP contribution in [0.5, 0.6) is 0 Å². The van der Waals surface area contributed by atoms with Crippen molar-refractivity contribution in [2.45, 2.75) is 30.9 Å². The molecule has 0 saturated carbocycles. The van der Waals surface area contributed by atoms with Crippen LogP contribution < -0.4 is 5.32 Å². The normalized spacial score (nSPS) is 11.9. The third-order valence-electron chi connectivity index (χ3n) is 5.63. The summed E-state index contributed by atoms with van der Waals surface area (Å²) in [5.74, 6) is 6.95. The maximum absolute atomic E-state index is 11.7. The second kappa shape index (κ2) is 9.32. The van der Waals surface area contributed by atoms with Gasteiger partial charge in [-0.15, -0.1) is 0 Å². The molecule has 37 heavy (non-hydrogen) atoms. The Balaban J connectivity index is 1.42. The van der Waals surface area contributed by atoms with Gasteiger partial charge in [-0.05, 0) is 74.4 Å². The van der Waals surface area contributed by atoms with Gasteiger partial charge in [0.1, 0.15) is 11.5 Å². The summed E-state index contributed by atoms with van der Waals surface area (Å²) >= 11 is 0.